The van der Waals surface area contributed by atoms with E-state index >= 15 is 0 Å². The number of nitrogens with zero attached hydrogens (tertiary/aromatic N) is 1. The van der Waals surface area contributed by atoms with Crippen LogP contribution in [0.1, 0.15) is 0 Å². The summed E-state index contributed by atoms with van der Waals surface area (Å²) in [4.78, 5) is 0. The highest BCUT2D eigenvalue weighted by atomic mass is 32.2. The van der Waals surface area contributed by atoms with Crippen molar-refractivity contribution in [2.45, 2.75) is 0 Å². The Morgan fingerprint density at radius 2 is 2.11 bits per heavy atom. The summed E-state index contributed by atoms with van der Waals surface area (Å²) in [5, 5.41) is 8.77. The van der Waals surface area contributed by atoms with Crippen LogP contribution in [0, 0.1) is 11.3 Å². The molecule has 0 radical (unpaired) electrons. The van der Waals surface area contributed by atoms with Gasteiger partial charge in [0, 0.05) is 0 Å². The van der Waals surface area contributed by atoms with Crippen molar-refractivity contribution in [3.63, 3.8) is 0 Å². The average Bonchev–Trinajstić information content (AvgIpc) is 1.80. The zero-order valence-corrected chi connectivity index (χ0v) is 5.22. The molecule has 0 N–H and O–H groups in total. The second kappa shape index (κ2) is 4.85. The molecule has 0 aliphatic heterocycles. The molecule has 46 valence electrons. The summed E-state index contributed by atoms with van der Waals surface area (Å²) in [6.07, 6.45) is 2.20. The Kier molecular flexibility index (Phi) is 4.15. The lowest BCUT2D eigenvalue weighted by Gasteiger charge is -1.52. The van der Waals surface area contributed by atoms with Gasteiger partial charge in [0.15, 0.2) is 0 Å². The molecule has 9 heavy (non-hydrogen) atoms. The Morgan fingerprint density at radius 3 is 2.56 bits per heavy atom. The summed E-state index contributed by atoms with van der Waals surface area (Å²) in [7, 11) is -2.19. The molecule has 0 spiro atoms. The first-order valence-corrected chi connectivity index (χ1v) is 3.13. The highest BCUT2D eigenvalue weighted by Crippen LogP contribution is 1.59. The highest BCUT2D eigenvalue weighted by molar-refractivity contribution is 7.71. The Balaban J connectivity index is 4.26. The number of allylic oxidation sites excluding steroid dienone is 1. The second-order valence-corrected chi connectivity index (χ2v) is 1.80. The van der Waals surface area contributed by atoms with Crippen LogP contribution in [0.25, 0.3) is 0 Å². The third kappa shape index (κ3) is 6.70. The van der Waals surface area contributed by atoms with Crippen LogP contribution in [0.2, 0.25) is 0 Å². The number of rotatable bonds is 1. The number of hydrogen-bond donors (Lipinski definition) is 0. The van der Waals surface area contributed by atoms with Gasteiger partial charge in [-0.3, -0.25) is 0 Å². The largest absolute Gasteiger partial charge is 0.214 e. The van der Waals surface area contributed by atoms with Crippen molar-refractivity contribution in [3.8, 4) is 6.07 Å². The Bertz CT molecular complexity index is 290. The van der Waals surface area contributed by atoms with Crippen LogP contribution in [0.15, 0.2) is 17.9 Å². The monoisotopic (exact) mass is 141 g/mol. The van der Waals surface area contributed by atoms with Gasteiger partial charge in [-0.05, 0) is 6.08 Å². The molecule has 0 aromatic heterocycles. The lowest BCUT2D eigenvalue weighted by molar-refractivity contribution is 0.627. The van der Waals surface area contributed by atoms with Crippen molar-refractivity contribution in [1.29, 1.82) is 5.26 Å². The summed E-state index contributed by atoms with van der Waals surface area (Å²) in [5.74, 6) is 0. The zero-order valence-electron chi connectivity index (χ0n) is 4.40. The highest BCUT2D eigenvalue weighted by Gasteiger charge is 1.59. The fourth-order valence-electron chi connectivity index (χ4n) is 0.180. The molecule has 0 unspecified atom stereocenters. The Labute approximate surface area is 54.1 Å². The van der Waals surface area contributed by atoms with E-state index in [-0.39, 0.29) is 0 Å². The van der Waals surface area contributed by atoms with Gasteiger partial charge < -0.3 is 0 Å². The van der Waals surface area contributed by atoms with Crippen molar-refractivity contribution in [2.24, 2.45) is 0 Å². The first kappa shape index (κ1) is 7.70. The van der Waals surface area contributed by atoms with Crippen LogP contribution in [0.5, 0.6) is 0 Å². The molecule has 0 saturated heterocycles. The van der Waals surface area contributed by atoms with Gasteiger partial charge in [0.05, 0.1) is 17.5 Å². The van der Waals surface area contributed by atoms with Gasteiger partial charge in [-0.15, -0.1) is 5.73 Å². The van der Waals surface area contributed by atoms with Crippen molar-refractivity contribution in [2.75, 3.05) is 0 Å². The minimum atomic E-state index is -2.19. The molecule has 0 atom stereocenters. The quantitative estimate of drug-likeness (QED) is 0.222. The van der Waals surface area contributed by atoms with E-state index in [1.807, 2.05) is 0 Å². The van der Waals surface area contributed by atoms with E-state index in [0.29, 0.717) is 0 Å². The van der Waals surface area contributed by atoms with Gasteiger partial charge in [0.1, 0.15) is 0 Å². The molecule has 0 saturated carbocycles. The van der Waals surface area contributed by atoms with E-state index in [1.54, 1.807) is 6.07 Å². The van der Waals surface area contributed by atoms with Crippen molar-refractivity contribution in [1.82, 2.24) is 0 Å². The van der Waals surface area contributed by atoms with Crippen LogP contribution >= 0.6 is 0 Å². The van der Waals surface area contributed by atoms with Crippen molar-refractivity contribution >= 4 is 15.7 Å². The maximum Gasteiger partial charge on any atom is 0.214 e. The predicted molar refractivity (Wildman–Crippen MR) is 33.2 cm³/mol. The van der Waals surface area contributed by atoms with Gasteiger partial charge in [-0.1, -0.05) is 0 Å². The number of nitriles is 1. The van der Waals surface area contributed by atoms with Crippen LogP contribution < -0.4 is 0 Å². The van der Waals surface area contributed by atoms with E-state index in [9.17, 15) is 8.42 Å². The van der Waals surface area contributed by atoms with E-state index in [2.05, 4.69) is 5.73 Å². The molecule has 4 heteroatoms. The molecular weight excluding hydrogens is 138 g/mol. The van der Waals surface area contributed by atoms with Crippen molar-refractivity contribution < 1.29 is 8.42 Å². The third-order valence-corrected chi connectivity index (χ3v) is 0.782. The van der Waals surface area contributed by atoms with Crippen LogP contribution in [-0.4, -0.2) is 13.8 Å². The zero-order chi connectivity index (χ0) is 7.11. The van der Waals surface area contributed by atoms with Gasteiger partial charge in [0.2, 0.25) is 10.3 Å². The Hall–Kier alpha value is -1.30. The first-order chi connectivity index (χ1) is 4.27. The summed E-state index contributed by atoms with van der Waals surface area (Å²) in [6.45, 7) is 0. The number of hydrogen-bond acceptors (Lipinski definition) is 3. The molecule has 0 aromatic rings. The molecule has 0 bridgehead atoms. The van der Waals surface area contributed by atoms with E-state index in [4.69, 9.17) is 5.26 Å². The summed E-state index contributed by atoms with van der Waals surface area (Å²) in [6, 6.07) is 1.65. The first-order valence-electron chi connectivity index (χ1n) is 1.99. The minimum absolute atomic E-state index is 0.897. The smallest absolute Gasteiger partial charge is 0.192 e. The standard InChI is InChI=1S/C5H3NO2S/c6-4-2-1-3-5-9(7)8/h2-3,5H. The van der Waals surface area contributed by atoms with Crippen LogP contribution in [0.3, 0.4) is 0 Å². The third-order valence-electron chi connectivity index (χ3n) is 0.423. The average molecular weight is 141 g/mol. The van der Waals surface area contributed by atoms with Crippen LogP contribution in [-0.2, 0) is 10.3 Å². The van der Waals surface area contributed by atoms with Gasteiger partial charge >= 0.3 is 0 Å². The minimum Gasteiger partial charge on any atom is -0.192 e. The SMILES string of the molecule is N#CC=C=CC=S(=O)=O. The molecule has 0 amide bonds. The molecular formula is C5H3NO2S. The second-order valence-electron chi connectivity index (χ2n) is 1.00. The summed E-state index contributed by atoms with van der Waals surface area (Å²) in [5.41, 5.74) is 2.31. The molecule has 0 rings (SSSR count). The fourth-order valence-corrected chi connectivity index (χ4v) is 0.370. The lowest BCUT2D eigenvalue weighted by atomic mass is 10.6. The molecule has 0 heterocycles. The van der Waals surface area contributed by atoms with Gasteiger partial charge in [-0.2, -0.15) is 13.7 Å². The molecule has 0 aliphatic carbocycles. The van der Waals surface area contributed by atoms with E-state index in [0.717, 1.165) is 17.5 Å². The normalized spacial score (nSPS) is 6.11. The maximum absolute atomic E-state index is 9.74. The topological polar surface area (TPSA) is 57.9 Å². The molecule has 3 nitrogen and oxygen atoms in total. The fraction of sp³-hybridized carbons (Fsp3) is 0. The predicted octanol–water partition coefficient (Wildman–Crippen LogP) is -0.0974. The molecule has 0 aromatic carbocycles. The van der Waals surface area contributed by atoms with Gasteiger partial charge in [0.25, 0.3) is 0 Å². The Morgan fingerprint density at radius 1 is 1.44 bits per heavy atom. The van der Waals surface area contributed by atoms with Crippen LogP contribution in [0.4, 0.5) is 0 Å². The summed E-state index contributed by atoms with van der Waals surface area (Å²) < 4.78 is 19.5. The van der Waals surface area contributed by atoms with E-state index in [1.165, 1.54) is 0 Å². The molecule has 0 aliphatic rings. The summed E-state index contributed by atoms with van der Waals surface area (Å²) >= 11 is 0. The lowest BCUT2D eigenvalue weighted by Crippen LogP contribution is -1.61. The van der Waals surface area contributed by atoms with Crippen molar-refractivity contribution in [3.05, 3.63) is 17.9 Å². The van der Waals surface area contributed by atoms with Gasteiger partial charge in [-0.25, -0.2) is 0 Å². The maximum atomic E-state index is 9.74. The molecule has 0 fully saturated rings. The van der Waals surface area contributed by atoms with E-state index < -0.39 is 10.3 Å².